The number of carbonyl (C=O) groups excluding carboxylic acids is 1. The Morgan fingerprint density at radius 2 is 1.88 bits per heavy atom. The lowest BCUT2D eigenvalue weighted by atomic mass is 9.96. The molecule has 0 aliphatic heterocycles. The minimum absolute atomic E-state index is 0.138. The van der Waals surface area contributed by atoms with Gasteiger partial charge in [-0.2, -0.15) is 0 Å². The Labute approximate surface area is 103 Å². The molecule has 1 aliphatic rings. The minimum atomic E-state index is -0.138. The van der Waals surface area contributed by atoms with Crippen LogP contribution in [0.15, 0.2) is 30.3 Å². The summed E-state index contributed by atoms with van der Waals surface area (Å²) in [5.74, 6) is 0.168. The van der Waals surface area contributed by atoms with Gasteiger partial charge in [0, 0.05) is 6.42 Å². The molecule has 0 radical (unpaired) electrons. The zero-order valence-corrected chi connectivity index (χ0v) is 10.9. The maximum absolute atomic E-state index is 11.8. The smallest absolute Gasteiger partial charge is 0.220 e. The van der Waals surface area contributed by atoms with Crippen molar-refractivity contribution < 1.29 is 4.79 Å². The van der Waals surface area contributed by atoms with Gasteiger partial charge in [0.05, 0.1) is 5.54 Å². The van der Waals surface area contributed by atoms with Crippen molar-refractivity contribution in [1.82, 2.24) is 5.32 Å². The highest BCUT2D eigenvalue weighted by Crippen LogP contribution is 2.62. The highest BCUT2D eigenvalue weighted by molar-refractivity contribution is 5.78. The molecule has 1 aliphatic carbocycles. The summed E-state index contributed by atoms with van der Waals surface area (Å²) in [4.78, 5) is 11.8. The van der Waals surface area contributed by atoms with Crippen LogP contribution in [-0.2, 0) is 10.3 Å². The van der Waals surface area contributed by atoms with Gasteiger partial charge in [-0.15, -0.1) is 0 Å². The van der Waals surface area contributed by atoms with Gasteiger partial charge in [-0.25, -0.2) is 0 Å². The molecule has 1 amide bonds. The Kier molecular flexibility index (Phi) is 2.98. The van der Waals surface area contributed by atoms with Gasteiger partial charge in [0.25, 0.3) is 0 Å². The monoisotopic (exact) mass is 231 g/mol. The average Bonchev–Trinajstić information content (AvgIpc) is 2.83. The first-order valence-corrected chi connectivity index (χ1v) is 6.38. The predicted molar refractivity (Wildman–Crippen MR) is 69.6 cm³/mol. The topological polar surface area (TPSA) is 29.1 Å². The molecule has 2 rings (SSSR count). The van der Waals surface area contributed by atoms with Crippen LogP contribution in [0.4, 0.5) is 0 Å². The van der Waals surface area contributed by atoms with Gasteiger partial charge in [-0.3, -0.25) is 4.79 Å². The summed E-state index contributed by atoms with van der Waals surface area (Å²) in [7, 11) is 0. The molecular weight excluding hydrogens is 210 g/mol. The molecule has 0 spiro atoms. The van der Waals surface area contributed by atoms with E-state index >= 15 is 0 Å². The van der Waals surface area contributed by atoms with Gasteiger partial charge >= 0.3 is 0 Å². The molecule has 1 aromatic carbocycles. The van der Waals surface area contributed by atoms with Gasteiger partial charge in [0.15, 0.2) is 0 Å². The molecule has 1 N–H and O–H groups in total. The Bertz CT molecular complexity index is 410. The maximum Gasteiger partial charge on any atom is 0.220 e. The number of hydrogen-bond acceptors (Lipinski definition) is 1. The number of carbonyl (C=O) groups is 1. The molecule has 0 heterocycles. The molecule has 92 valence electrons. The third-order valence-corrected chi connectivity index (χ3v) is 3.83. The second-order valence-corrected chi connectivity index (χ2v) is 5.63. The highest BCUT2D eigenvalue weighted by Gasteiger charge is 2.62. The lowest BCUT2D eigenvalue weighted by Crippen LogP contribution is -2.38. The van der Waals surface area contributed by atoms with Crippen LogP contribution < -0.4 is 5.32 Å². The zero-order chi connectivity index (χ0) is 12.5. The summed E-state index contributed by atoms with van der Waals surface area (Å²) < 4.78 is 0. The fraction of sp³-hybridized carbons (Fsp3) is 0.533. The minimum Gasteiger partial charge on any atom is -0.346 e. The van der Waals surface area contributed by atoms with E-state index in [1.807, 2.05) is 25.1 Å². The fourth-order valence-corrected chi connectivity index (χ4v) is 2.65. The van der Waals surface area contributed by atoms with Crippen molar-refractivity contribution in [2.45, 2.75) is 45.6 Å². The fourth-order valence-electron chi connectivity index (χ4n) is 2.65. The van der Waals surface area contributed by atoms with E-state index in [2.05, 4.69) is 31.3 Å². The summed E-state index contributed by atoms with van der Waals surface area (Å²) in [5.41, 5.74) is 1.26. The van der Waals surface area contributed by atoms with E-state index in [4.69, 9.17) is 0 Å². The van der Waals surface area contributed by atoms with E-state index in [0.29, 0.717) is 6.42 Å². The molecule has 17 heavy (non-hydrogen) atoms. The highest BCUT2D eigenvalue weighted by atomic mass is 16.1. The molecule has 0 saturated heterocycles. The number of hydrogen-bond donors (Lipinski definition) is 1. The van der Waals surface area contributed by atoms with E-state index in [1.165, 1.54) is 5.56 Å². The average molecular weight is 231 g/mol. The Balaban J connectivity index is 2.22. The maximum atomic E-state index is 11.8. The van der Waals surface area contributed by atoms with Crippen LogP contribution in [0.25, 0.3) is 0 Å². The van der Waals surface area contributed by atoms with Crippen LogP contribution in [0, 0.1) is 5.41 Å². The van der Waals surface area contributed by atoms with Crippen LogP contribution in [0.2, 0.25) is 0 Å². The molecule has 1 fully saturated rings. The molecule has 1 atom stereocenters. The number of rotatable bonds is 4. The van der Waals surface area contributed by atoms with Gasteiger partial charge < -0.3 is 5.32 Å². The van der Waals surface area contributed by atoms with Crippen molar-refractivity contribution in [3.8, 4) is 0 Å². The summed E-state index contributed by atoms with van der Waals surface area (Å²) in [6.07, 6.45) is 2.54. The third-order valence-electron chi connectivity index (χ3n) is 3.83. The van der Waals surface area contributed by atoms with E-state index in [-0.39, 0.29) is 16.9 Å². The Hall–Kier alpha value is -1.31. The third kappa shape index (κ3) is 2.08. The normalized spacial score (nSPS) is 25.4. The first-order valence-electron chi connectivity index (χ1n) is 6.38. The molecule has 0 aromatic heterocycles. The largest absolute Gasteiger partial charge is 0.346 e. The molecule has 0 bridgehead atoms. The standard InChI is InChI=1S/C15H21NO/c1-4-8-13(17)16-15(11-14(15,2)3)12-9-6-5-7-10-12/h5-7,9-10H,4,8,11H2,1-3H3,(H,16,17). The number of nitrogens with one attached hydrogen (secondary N) is 1. The zero-order valence-electron chi connectivity index (χ0n) is 10.9. The van der Waals surface area contributed by atoms with Crippen molar-refractivity contribution in [1.29, 1.82) is 0 Å². The van der Waals surface area contributed by atoms with Crippen molar-refractivity contribution >= 4 is 5.91 Å². The SMILES string of the molecule is CCCC(=O)NC1(c2ccccc2)CC1(C)C. The molecule has 2 heteroatoms. The quantitative estimate of drug-likeness (QED) is 0.847. The Morgan fingerprint density at radius 3 is 2.35 bits per heavy atom. The lowest BCUT2D eigenvalue weighted by molar-refractivity contribution is -0.122. The van der Waals surface area contributed by atoms with Crippen molar-refractivity contribution in [3.05, 3.63) is 35.9 Å². The van der Waals surface area contributed by atoms with Gasteiger partial charge in [-0.05, 0) is 23.8 Å². The van der Waals surface area contributed by atoms with E-state index in [1.54, 1.807) is 0 Å². The molecule has 1 saturated carbocycles. The van der Waals surface area contributed by atoms with Crippen molar-refractivity contribution in [3.63, 3.8) is 0 Å². The molecule has 2 nitrogen and oxygen atoms in total. The molecule has 1 aromatic rings. The first-order chi connectivity index (χ1) is 8.02. The Morgan fingerprint density at radius 1 is 1.29 bits per heavy atom. The van der Waals surface area contributed by atoms with Crippen LogP contribution in [-0.4, -0.2) is 5.91 Å². The summed E-state index contributed by atoms with van der Waals surface area (Å²) in [5, 5.41) is 3.24. The summed E-state index contributed by atoms with van der Waals surface area (Å²) in [6.45, 7) is 6.46. The van der Waals surface area contributed by atoms with Crippen molar-refractivity contribution in [2.75, 3.05) is 0 Å². The summed E-state index contributed by atoms with van der Waals surface area (Å²) in [6, 6.07) is 10.3. The van der Waals surface area contributed by atoms with Crippen LogP contribution in [0.3, 0.4) is 0 Å². The second-order valence-electron chi connectivity index (χ2n) is 5.63. The molecular formula is C15H21NO. The first kappa shape index (κ1) is 12.2. The summed E-state index contributed by atoms with van der Waals surface area (Å²) >= 11 is 0. The number of amides is 1. The van der Waals surface area contributed by atoms with Crippen LogP contribution in [0.1, 0.15) is 45.6 Å². The predicted octanol–water partition coefficient (Wildman–Crippen LogP) is 3.23. The van der Waals surface area contributed by atoms with Crippen LogP contribution >= 0.6 is 0 Å². The van der Waals surface area contributed by atoms with Gasteiger partial charge in [-0.1, -0.05) is 51.1 Å². The molecule has 1 unspecified atom stereocenters. The number of benzene rings is 1. The van der Waals surface area contributed by atoms with Gasteiger partial charge in [0.2, 0.25) is 5.91 Å². The second kappa shape index (κ2) is 4.17. The lowest BCUT2D eigenvalue weighted by Gasteiger charge is -2.23. The van der Waals surface area contributed by atoms with Crippen LogP contribution in [0.5, 0.6) is 0 Å². The van der Waals surface area contributed by atoms with E-state index in [0.717, 1.165) is 12.8 Å². The van der Waals surface area contributed by atoms with E-state index in [9.17, 15) is 4.79 Å². The van der Waals surface area contributed by atoms with E-state index < -0.39 is 0 Å². The van der Waals surface area contributed by atoms with Gasteiger partial charge in [0.1, 0.15) is 0 Å². The van der Waals surface area contributed by atoms with Crippen molar-refractivity contribution in [2.24, 2.45) is 5.41 Å².